The molecule has 1 heterocycles. The number of carbonyl (C=O) groups excluding carboxylic acids is 2. The number of aromatic nitrogens is 1. The van der Waals surface area contributed by atoms with E-state index in [0.717, 1.165) is 23.3 Å². The van der Waals surface area contributed by atoms with E-state index in [2.05, 4.69) is 10.1 Å². The van der Waals surface area contributed by atoms with Crippen molar-refractivity contribution in [2.45, 2.75) is 19.1 Å². The molecule has 0 spiro atoms. The van der Waals surface area contributed by atoms with Gasteiger partial charge in [-0.3, -0.25) is 9.59 Å². The van der Waals surface area contributed by atoms with Crippen LogP contribution < -0.4 is 10.2 Å². The molecule has 4 aromatic rings. The van der Waals surface area contributed by atoms with Crippen molar-refractivity contribution in [1.82, 2.24) is 10.3 Å². The Morgan fingerprint density at radius 2 is 1.67 bits per heavy atom. The SMILES string of the molecule is COC(=O)CCNC(=O)c1ccc(CN(c2ccc(C(F)(F)F)cc2)c2nc(-c3ccc(Cl)cc3)cs2)cc1. The number of hydrogen-bond acceptors (Lipinski definition) is 6. The highest BCUT2D eigenvalue weighted by Crippen LogP contribution is 2.36. The fraction of sp³-hybridized carbons (Fsp3) is 0.179. The van der Waals surface area contributed by atoms with E-state index < -0.39 is 17.7 Å². The maximum Gasteiger partial charge on any atom is 0.416 e. The lowest BCUT2D eigenvalue weighted by Gasteiger charge is -2.23. The van der Waals surface area contributed by atoms with Crippen molar-refractivity contribution >= 4 is 45.6 Å². The van der Waals surface area contributed by atoms with Gasteiger partial charge in [-0.25, -0.2) is 4.98 Å². The van der Waals surface area contributed by atoms with E-state index in [1.54, 1.807) is 36.4 Å². The van der Waals surface area contributed by atoms with Gasteiger partial charge >= 0.3 is 12.1 Å². The van der Waals surface area contributed by atoms with E-state index in [1.165, 1.54) is 30.6 Å². The minimum absolute atomic E-state index is 0.0637. The summed E-state index contributed by atoms with van der Waals surface area (Å²) in [5, 5.41) is 5.71. The predicted octanol–water partition coefficient (Wildman–Crippen LogP) is 7.11. The highest BCUT2D eigenvalue weighted by molar-refractivity contribution is 7.14. The molecule has 0 radical (unpaired) electrons. The summed E-state index contributed by atoms with van der Waals surface area (Å²) in [4.78, 5) is 30.2. The molecule has 0 aliphatic rings. The van der Waals surface area contributed by atoms with Crippen molar-refractivity contribution in [3.8, 4) is 11.3 Å². The molecule has 3 aromatic carbocycles. The van der Waals surface area contributed by atoms with Gasteiger partial charge in [-0.2, -0.15) is 13.2 Å². The van der Waals surface area contributed by atoms with Gasteiger partial charge in [-0.05, 0) is 54.1 Å². The fourth-order valence-corrected chi connectivity index (χ4v) is 4.65. The summed E-state index contributed by atoms with van der Waals surface area (Å²) in [5.41, 5.74) is 2.58. The maximum atomic E-state index is 13.2. The summed E-state index contributed by atoms with van der Waals surface area (Å²) in [6.07, 6.45) is -4.38. The molecule has 39 heavy (non-hydrogen) atoms. The van der Waals surface area contributed by atoms with Crippen LogP contribution >= 0.6 is 22.9 Å². The number of halogens is 4. The first-order valence-corrected chi connectivity index (χ1v) is 13.0. The lowest BCUT2D eigenvalue weighted by molar-refractivity contribution is -0.140. The minimum Gasteiger partial charge on any atom is -0.469 e. The van der Waals surface area contributed by atoms with Crippen molar-refractivity contribution in [3.05, 3.63) is 99.9 Å². The standard InChI is InChI=1S/C28H23ClF3N3O3S/c1-38-25(36)14-15-33-26(37)20-4-2-18(3-5-20)16-35(23-12-8-21(9-13-23)28(30,31)32)27-34-24(17-39-27)19-6-10-22(29)11-7-19/h2-13,17H,14-16H2,1H3,(H,33,37). The number of rotatable bonds is 9. The van der Waals surface area contributed by atoms with Crippen LogP contribution in [0.5, 0.6) is 0 Å². The third-order valence-corrected chi connectivity index (χ3v) is 6.88. The highest BCUT2D eigenvalue weighted by Gasteiger charge is 2.30. The second-order valence-electron chi connectivity index (χ2n) is 8.43. The van der Waals surface area contributed by atoms with Crippen molar-refractivity contribution in [2.75, 3.05) is 18.6 Å². The summed E-state index contributed by atoms with van der Waals surface area (Å²) in [7, 11) is 1.28. The topological polar surface area (TPSA) is 71.5 Å². The molecule has 0 saturated carbocycles. The molecular weight excluding hydrogens is 551 g/mol. The zero-order valence-corrected chi connectivity index (χ0v) is 22.2. The number of benzene rings is 3. The second-order valence-corrected chi connectivity index (χ2v) is 9.70. The number of esters is 1. The Labute approximate surface area is 232 Å². The molecule has 0 atom stereocenters. The van der Waals surface area contributed by atoms with Crippen molar-refractivity contribution in [2.24, 2.45) is 0 Å². The Bertz CT molecular complexity index is 1420. The molecule has 0 fully saturated rings. The van der Waals surface area contributed by atoms with Gasteiger partial charge in [0.2, 0.25) is 0 Å². The van der Waals surface area contributed by atoms with E-state index >= 15 is 0 Å². The lowest BCUT2D eigenvalue weighted by Crippen LogP contribution is -2.26. The molecule has 0 aliphatic heterocycles. The number of nitrogens with one attached hydrogen (secondary N) is 1. The number of amides is 1. The van der Waals surface area contributed by atoms with Gasteiger partial charge in [0, 0.05) is 33.8 Å². The van der Waals surface area contributed by atoms with Crippen molar-refractivity contribution in [1.29, 1.82) is 0 Å². The number of nitrogens with zero attached hydrogens (tertiary/aromatic N) is 2. The molecule has 0 bridgehead atoms. The van der Waals surface area contributed by atoms with E-state index in [-0.39, 0.29) is 18.9 Å². The van der Waals surface area contributed by atoms with Crippen molar-refractivity contribution < 1.29 is 27.5 Å². The first-order valence-electron chi connectivity index (χ1n) is 11.7. The Balaban J connectivity index is 1.57. The van der Waals surface area contributed by atoms with Gasteiger partial charge in [-0.15, -0.1) is 11.3 Å². The van der Waals surface area contributed by atoms with Gasteiger partial charge in [0.25, 0.3) is 5.91 Å². The summed E-state index contributed by atoms with van der Waals surface area (Å²) in [5.74, 6) is -0.756. The average molecular weight is 574 g/mol. The molecule has 0 unspecified atom stereocenters. The molecule has 1 amide bonds. The van der Waals surface area contributed by atoms with Gasteiger partial charge in [0.05, 0.1) is 31.3 Å². The zero-order chi connectivity index (χ0) is 28.0. The molecule has 202 valence electrons. The van der Waals surface area contributed by atoms with Crippen LogP contribution in [0.4, 0.5) is 24.0 Å². The predicted molar refractivity (Wildman–Crippen MR) is 145 cm³/mol. The largest absolute Gasteiger partial charge is 0.469 e. The molecule has 4 rings (SSSR count). The molecule has 0 saturated heterocycles. The minimum atomic E-state index is -4.44. The first-order chi connectivity index (χ1) is 18.6. The number of ether oxygens (including phenoxy) is 1. The first kappa shape index (κ1) is 28.1. The van der Waals surface area contributed by atoms with Crippen LogP contribution in [-0.4, -0.2) is 30.5 Å². The molecule has 1 aromatic heterocycles. The van der Waals surface area contributed by atoms with E-state index in [9.17, 15) is 22.8 Å². The number of methoxy groups -OCH3 is 1. The quantitative estimate of drug-likeness (QED) is 0.216. The van der Waals surface area contributed by atoms with E-state index in [0.29, 0.717) is 33.6 Å². The van der Waals surface area contributed by atoms with Crippen LogP contribution in [0.25, 0.3) is 11.3 Å². The lowest BCUT2D eigenvalue weighted by atomic mass is 10.1. The zero-order valence-electron chi connectivity index (χ0n) is 20.7. The second kappa shape index (κ2) is 12.3. The van der Waals surface area contributed by atoms with Crippen LogP contribution in [0.2, 0.25) is 5.02 Å². The van der Waals surface area contributed by atoms with E-state index in [4.69, 9.17) is 16.6 Å². The smallest absolute Gasteiger partial charge is 0.416 e. The van der Waals surface area contributed by atoms with Crippen LogP contribution in [0.15, 0.2) is 78.2 Å². The summed E-state index contributed by atoms with van der Waals surface area (Å²) < 4.78 is 44.0. The van der Waals surface area contributed by atoms with Gasteiger partial charge in [0.1, 0.15) is 0 Å². The monoisotopic (exact) mass is 573 g/mol. The average Bonchev–Trinajstić information content (AvgIpc) is 3.42. The Hall–Kier alpha value is -3.89. The number of thiazole rings is 1. The van der Waals surface area contributed by atoms with Crippen LogP contribution in [0, 0.1) is 0 Å². The van der Waals surface area contributed by atoms with Crippen LogP contribution in [0.1, 0.15) is 27.9 Å². The summed E-state index contributed by atoms with van der Waals surface area (Å²) in [6.45, 7) is 0.443. The number of hydrogen-bond donors (Lipinski definition) is 1. The number of alkyl halides is 3. The number of carbonyl (C=O) groups is 2. The third kappa shape index (κ3) is 7.36. The Morgan fingerprint density at radius 3 is 2.28 bits per heavy atom. The third-order valence-electron chi connectivity index (χ3n) is 5.77. The number of anilines is 2. The van der Waals surface area contributed by atoms with Gasteiger partial charge in [0.15, 0.2) is 5.13 Å². The highest BCUT2D eigenvalue weighted by atomic mass is 35.5. The molecule has 6 nitrogen and oxygen atoms in total. The maximum absolute atomic E-state index is 13.2. The van der Waals surface area contributed by atoms with Gasteiger partial charge in [-0.1, -0.05) is 35.9 Å². The molecule has 1 N–H and O–H groups in total. The van der Waals surface area contributed by atoms with E-state index in [1.807, 2.05) is 22.4 Å². The molecular formula is C28H23ClF3N3O3S. The fourth-order valence-electron chi connectivity index (χ4n) is 3.67. The Morgan fingerprint density at radius 1 is 1.00 bits per heavy atom. The Kier molecular flexibility index (Phi) is 8.88. The molecule has 0 aliphatic carbocycles. The van der Waals surface area contributed by atoms with Crippen LogP contribution in [0.3, 0.4) is 0 Å². The summed E-state index contributed by atoms with van der Waals surface area (Å²) >= 11 is 7.35. The van der Waals surface area contributed by atoms with Crippen LogP contribution in [-0.2, 0) is 22.3 Å². The normalized spacial score (nSPS) is 11.2. The summed E-state index contributed by atoms with van der Waals surface area (Å²) in [6, 6.07) is 18.9. The molecule has 11 heteroatoms. The van der Waals surface area contributed by atoms with Crippen molar-refractivity contribution in [3.63, 3.8) is 0 Å². The van der Waals surface area contributed by atoms with Gasteiger partial charge < -0.3 is 15.0 Å².